The average Bonchev–Trinajstić information content (AvgIpc) is 2.78. The van der Waals surface area contributed by atoms with Crippen LogP contribution in [0.1, 0.15) is 38.7 Å². The topological polar surface area (TPSA) is 105 Å². The summed E-state index contributed by atoms with van der Waals surface area (Å²) in [6.07, 6.45) is 5.38. The van der Waals surface area contributed by atoms with Crippen LogP contribution in [0.15, 0.2) is 24.5 Å². The summed E-state index contributed by atoms with van der Waals surface area (Å²) in [6.45, 7) is 7.19. The molecule has 0 unspecified atom stereocenters. The minimum Gasteiger partial charge on any atom is -0.393 e. The average molecular weight is 423 g/mol. The second-order valence-electron chi connectivity index (χ2n) is 8.89. The summed E-state index contributed by atoms with van der Waals surface area (Å²) in [5.41, 5.74) is 2.80. The molecular formula is C23H30N6O2. The number of hydrogen-bond acceptors (Lipinski definition) is 7. The van der Waals surface area contributed by atoms with Crippen LogP contribution < -0.4 is 10.2 Å². The molecule has 1 aromatic heterocycles. The van der Waals surface area contributed by atoms with Crippen molar-refractivity contribution in [2.75, 3.05) is 31.1 Å². The van der Waals surface area contributed by atoms with Crippen LogP contribution in [0.3, 0.4) is 0 Å². The van der Waals surface area contributed by atoms with E-state index in [0.717, 1.165) is 50.1 Å². The summed E-state index contributed by atoms with van der Waals surface area (Å²) in [4.78, 5) is 26.2. The molecule has 2 aromatic rings. The molecule has 164 valence electrons. The standard InChI is InChI=1S/C23H30N6O2/c1-15-11-18(27-23(31)16(2)28-9-5-19(30)6-10-28)14-29(13-15)20-4-3-17(12-24)21-22(20)26-8-7-25-21/h3-4,7-8,15-16,18-19,30H,5-6,9-11,13-14H2,1-2H3,(H,27,31)/t15-,16+,18+/m0/s1. The lowest BCUT2D eigenvalue weighted by Gasteiger charge is -2.40. The number of carbonyl (C=O) groups excluding carboxylic acids is 1. The molecule has 2 fully saturated rings. The summed E-state index contributed by atoms with van der Waals surface area (Å²) in [7, 11) is 0. The third-order valence-electron chi connectivity index (χ3n) is 6.50. The normalized spacial score (nSPS) is 24.0. The summed E-state index contributed by atoms with van der Waals surface area (Å²) < 4.78 is 0. The van der Waals surface area contributed by atoms with E-state index in [0.29, 0.717) is 23.5 Å². The molecule has 3 heterocycles. The van der Waals surface area contributed by atoms with Crippen LogP contribution in [0.5, 0.6) is 0 Å². The van der Waals surface area contributed by atoms with E-state index in [-0.39, 0.29) is 24.1 Å². The molecule has 31 heavy (non-hydrogen) atoms. The van der Waals surface area contributed by atoms with Crippen LogP contribution in [0.4, 0.5) is 5.69 Å². The van der Waals surface area contributed by atoms with Crippen LogP contribution in [0.25, 0.3) is 11.0 Å². The Labute approximate surface area is 182 Å². The zero-order valence-corrected chi connectivity index (χ0v) is 18.2. The van der Waals surface area contributed by atoms with E-state index < -0.39 is 0 Å². The number of aliphatic hydroxyl groups excluding tert-OH is 1. The van der Waals surface area contributed by atoms with E-state index in [9.17, 15) is 15.2 Å². The molecule has 8 nitrogen and oxygen atoms in total. The molecule has 0 bridgehead atoms. The third kappa shape index (κ3) is 4.63. The number of nitrogens with zero attached hydrogens (tertiary/aromatic N) is 5. The molecule has 8 heteroatoms. The Morgan fingerprint density at radius 3 is 2.65 bits per heavy atom. The number of amides is 1. The predicted octanol–water partition coefficient (Wildman–Crippen LogP) is 1.68. The number of likely N-dealkylation sites (tertiary alicyclic amines) is 1. The van der Waals surface area contributed by atoms with Gasteiger partial charge in [-0.3, -0.25) is 19.7 Å². The minimum atomic E-state index is -0.246. The number of hydrogen-bond donors (Lipinski definition) is 2. The van der Waals surface area contributed by atoms with Crippen LogP contribution in [-0.2, 0) is 4.79 Å². The monoisotopic (exact) mass is 422 g/mol. The molecular weight excluding hydrogens is 392 g/mol. The van der Waals surface area contributed by atoms with E-state index in [1.165, 1.54) is 0 Å². The zero-order chi connectivity index (χ0) is 22.0. The lowest BCUT2D eigenvalue weighted by Crippen LogP contribution is -2.55. The van der Waals surface area contributed by atoms with E-state index in [1.807, 2.05) is 13.0 Å². The second-order valence-corrected chi connectivity index (χ2v) is 8.89. The predicted molar refractivity (Wildman–Crippen MR) is 118 cm³/mol. The Kier molecular flexibility index (Phi) is 6.35. The van der Waals surface area contributed by atoms with Crippen molar-refractivity contribution >= 4 is 22.6 Å². The Bertz CT molecular complexity index is 982. The number of nitriles is 1. The molecule has 2 N–H and O–H groups in total. The Balaban J connectivity index is 1.48. The Hall–Kier alpha value is -2.76. The Morgan fingerprint density at radius 2 is 1.94 bits per heavy atom. The molecule has 1 amide bonds. The highest BCUT2D eigenvalue weighted by atomic mass is 16.3. The lowest BCUT2D eigenvalue weighted by atomic mass is 9.94. The summed E-state index contributed by atoms with van der Waals surface area (Å²) in [5.74, 6) is 0.446. The van der Waals surface area contributed by atoms with Gasteiger partial charge in [0, 0.05) is 44.6 Å². The molecule has 2 aliphatic heterocycles. The third-order valence-corrected chi connectivity index (χ3v) is 6.50. The number of fused-ring (bicyclic) bond motifs is 1. The second kappa shape index (κ2) is 9.16. The van der Waals surface area contributed by atoms with Gasteiger partial charge in [0.05, 0.1) is 23.4 Å². The van der Waals surface area contributed by atoms with Crippen molar-refractivity contribution in [3.63, 3.8) is 0 Å². The number of anilines is 1. The molecule has 4 rings (SSSR count). The van der Waals surface area contributed by atoms with E-state index >= 15 is 0 Å². The van der Waals surface area contributed by atoms with Crippen molar-refractivity contribution in [1.29, 1.82) is 5.26 Å². The maximum atomic E-state index is 12.9. The maximum absolute atomic E-state index is 12.9. The van der Waals surface area contributed by atoms with Crippen molar-refractivity contribution < 1.29 is 9.90 Å². The highest BCUT2D eigenvalue weighted by molar-refractivity contribution is 5.92. The van der Waals surface area contributed by atoms with Gasteiger partial charge in [0.2, 0.25) is 5.91 Å². The Morgan fingerprint density at radius 1 is 1.23 bits per heavy atom. The number of rotatable bonds is 4. The number of piperidine rings is 2. The van der Waals surface area contributed by atoms with Gasteiger partial charge in [0.1, 0.15) is 17.1 Å². The highest BCUT2D eigenvalue weighted by Gasteiger charge is 2.31. The fourth-order valence-corrected chi connectivity index (χ4v) is 4.80. The first-order valence-electron chi connectivity index (χ1n) is 11.1. The number of aromatic nitrogens is 2. The van der Waals surface area contributed by atoms with Crippen molar-refractivity contribution in [3.05, 3.63) is 30.1 Å². The largest absolute Gasteiger partial charge is 0.393 e. The smallest absolute Gasteiger partial charge is 0.237 e. The van der Waals surface area contributed by atoms with Crippen molar-refractivity contribution in [3.8, 4) is 6.07 Å². The van der Waals surface area contributed by atoms with E-state index in [1.54, 1.807) is 18.5 Å². The van der Waals surface area contributed by atoms with Gasteiger partial charge in [-0.2, -0.15) is 5.26 Å². The van der Waals surface area contributed by atoms with Gasteiger partial charge in [0.25, 0.3) is 0 Å². The van der Waals surface area contributed by atoms with Gasteiger partial charge in [-0.15, -0.1) is 0 Å². The van der Waals surface area contributed by atoms with Gasteiger partial charge in [-0.05, 0) is 44.2 Å². The maximum Gasteiger partial charge on any atom is 0.237 e. The molecule has 2 aliphatic rings. The van der Waals surface area contributed by atoms with Crippen LogP contribution in [0.2, 0.25) is 0 Å². The van der Waals surface area contributed by atoms with Crippen LogP contribution in [0, 0.1) is 17.2 Å². The first-order valence-corrected chi connectivity index (χ1v) is 11.1. The molecule has 0 radical (unpaired) electrons. The summed E-state index contributed by atoms with van der Waals surface area (Å²) in [6, 6.07) is 5.76. The molecule has 0 spiro atoms. The van der Waals surface area contributed by atoms with Crippen LogP contribution >= 0.6 is 0 Å². The van der Waals surface area contributed by atoms with Gasteiger partial charge < -0.3 is 15.3 Å². The number of aliphatic hydroxyl groups is 1. The molecule has 0 aliphatic carbocycles. The SMILES string of the molecule is C[C@H]1C[C@@H](NC(=O)[C@@H](C)N2CCC(O)CC2)CN(c2ccc(C#N)c3nccnc23)C1. The quantitative estimate of drug-likeness (QED) is 0.772. The van der Waals surface area contributed by atoms with Crippen LogP contribution in [-0.4, -0.2) is 70.2 Å². The molecule has 1 aromatic carbocycles. The summed E-state index contributed by atoms with van der Waals surface area (Å²) in [5, 5.41) is 22.4. The van der Waals surface area contributed by atoms with Crippen molar-refractivity contribution in [1.82, 2.24) is 20.2 Å². The molecule has 0 saturated carbocycles. The number of carbonyl (C=O) groups is 1. The minimum absolute atomic E-state index is 0.0384. The zero-order valence-electron chi connectivity index (χ0n) is 18.2. The van der Waals surface area contributed by atoms with Gasteiger partial charge in [-0.1, -0.05) is 6.92 Å². The lowest BCUT2D eigenvalue weighted by molar-refractivity contribution is -0.127. The highest BCUT2D eigenvalue weighted by Crippen LogP contribution is 2.30. The number of benzene rings is 1. The fraction of sp³-hybridized carbons (Fsp3) is 0.565. The van der Waals surface area contributed by atoms with Gasteiger partial charge in [-0.25, -0.2) is 0 Å². The first kappa shape index (κ1) is 21.5. The molecule has 2 saturated heterocycles. The van der Waals surface area contributed by atoms with Crippen molar-refractivity contribution in [2.45, 2.75) is 51.3 Å². The number of nitrogens with one attached hydrogen (secondary N) is 1. The van der Waals surface area contributed by atoms with Gasteiger partial charge in [0.15, 0.2) is 0 Å². The van der Waals surface area contributed by atoms with E-state index in [4.69, 9.17) is 0 Å². The fourth-order valence-electron chi connectivity index (χ4n) is 4.80. The van der Waals surface area contributed by atoms with Crippen molar-refractivity contribution in [2.24, 2.45) is 5.92 Å². The van der Waals surface area contributed by atoms with E-state index in [2.05, 4.69) is 38.1 Å². The van der Waals surface area contributed by atoms with Gasteiger partial charge >= 0.3 is 0 Å². The first-order chi connectivity index (χ1) is 15.0. The molecule has 3 atom stereocenters. The summed E-state index contributed by atoms with van der Waals surface area (Å²) >= 11 is 0.